The van der Waals surface area contributed by atoms with Crippen LogP contribution in [0.3, 0.4) is 0 Å². The number of hydrogen-bond acceptors (Lipinski definition) is 4. The maximum Gasteiger partial charge on any atom is 0.224 e. The minimum absolute atomic E-state index is 0.171. The maximum absolute atomic E-state index is 6.06. The topological polar surface area (TPSA) is 49.8 Å². The van der Waals surface area contributed by atoms with Crippen LogP contribution in [-0.4, -0.2) is 16.5 Å². The SMILES string of the molecule is Clc1ncc(Cl)c(Nc2cccc3c2NCCC3)n1. The summed E-state index contributed by atoms with van der Waals surface area (Å²) in [5.74, 6) is 0.516. The second-order valence-corrected chi connectivity index (χ2v) is 5.08. The average molecular weight is 295 g/mol. The van der Waals surface area contributed by atoms with E-state index < -0.39 is 0 Å². The van der Waals surface area contributed by atoms with E-state index in [2.05, 4.69) is 26.7 Å². The summed E-state index contributed by atoms with van der Waals surface area (Å²) in [6.07, 6.45) is 3.72. The molecule has 1 aromatic heterocycles. The van der Waals surface area contributed by atoms with Gasteiger partial charge in [-0.2, -0.15) is 4.98 Å². The third-order valence-electron chi connectivity index (χ3n) is 3.04. The van der Waals surface area contributed by atoms with E-state index in [1.54, 1.807) is 0 Å². The van der Waals surface area contributed by atoms with Gasteiger partial charge < -0.3 is 10.6 Å². The standard InChI is InChI=1S/C13H12Cl2N4/c14-9-7-17-13(15)19-12(9)18-10-5-1-3-8-4-2-6-16-11(8)10/h1,3,5,7,16H,2,4,6H2,(H,17,18,19). The molecule has 0 amide bonds. The Hall–Kier alpha value is -1.52. The molecule has 0 unspecified atom stereocenters. The zero-order valence-electron chi connectivity index (χ0n) is 10.1. The lowest BCUT2D eigenvalue weighted by atomic mass is 10.0. The van der Waals surface area contributed by atoms with Crippen LogP contribution in [0.2, 0.25) is 10.3 Å². The van der Waals surface area contributed by atoms with Gasteiger partial charge in [0.1, 0.15) is 5.02 Å². The quantitative estimate of drug-likeness (QED) is 0.825. The van der Waals surface area contributed by atoms with Gasteiger partial charge in [0.25, 0.3) is 0 Å². The van der Waals surface area contributed by atoms with Crippen LogP contribution in [0.5, 0.6) is 0 Å². The fourth-order valence-electron chi connectivity index (χ4n) is 2.17. The highest BCUT2D eigenvalue weighted by molar-refractivity contribution is 6.33. The minimum Gasteiger partial charge on any atom is -0.383 e. The summed E-state index contributed by atoms with van der Waals surface area (Å²) in [6.45, 7) is 0.976. The molecule has 3 rings (SSSR count). The highest BCUT2D eigenvalue weighted by Crippen LogP contribution is 2.33. The van der Waals surface area contributed by atoms with Crippen molar-refractivity contribution in [2.75, 3.05) is 17.2 Å². The number of halogens is 2. The summed E-state index contributed by atoms with van der Waals surface area (Å²) >= 11 is 11.9. The number of hydrogen-bond donors (Lipinski definition) is 2. The maximum atomic E-state index is 6.06. The normalized spacial score (nSPS) is 13.6. The molecule has 2 N–H and O–H groups in total. The number of benzene rings is 1. The Morgan fingerprint density at radius 3 is 3.05 bits per heavy atom. The number of aromatic nitrogens is 2. The lowest BCUT2D eigenvalue weighted by molar-refractivity contribution is 0.831. The molecule has 6 heteroatoms. The first-order valence-electron chi connectivity index (χ1n) is 6.05. The van der Waals surface area contributed by atoms with Crippen molar-refractivity contribution in [1.29, 1.82) is 0 Å². The van der Waals surface area contributed by atoms with E-state index in [1.165, 1.54) is 11.8 Å². The van der Waals surface area contributed by atoms with E-state index in [1.807, 2.05) is 12.1 Å². The molecule has 0 spiro atoms. The van der Waals surface area contributed by atoms with Crippen LogP contribution in [0.15, 0.2) is 24.4 Å². The zero-order chi connectivity index (χ0) is 13.2. The number of rotatable bonds is 2. The number of fused-ring (bicyclic) bond motifs is 1. The van der Waals surface area contributed by atoms with E-state index in [0.717, 1.165) is 30.8 Å². The molecule has 1 aliphatic heterocycles. The summed E-state index contributed by atoms with van der Waals surface area (Å²) in [4.78, 5) is 7.94. The third-order valence-corrected chi connectivity index (χ3v) is 3.50. The molecule has 2 aromatic rings. The molecule has 2 heterocycles. The van der Waals surface area contributed by atoms with Gasteiger partial charge in [-0.25, -0.2) is 4.98 Å². The second kappa shape index (κ2) is 5.23. The van der Waals surface area contributed by atoms with Crippen molar-refractivity contribution in [2.45, 2.75) is 12.8 Å². The first kappa shape index (κ1) is 12.5. The Bertz CT molecular complexity index is 616. The summed E-state index contributed by atoms with van der Waals surface area (Å²) in [6, 6.07) is 6.13. The second-order valence-electron chi connectivity index (χ2n) is 4.33. The van der Waals surface area contributed by atoms with Gasteiger partial charge in [0, 0.05) is 6.54 Å². The Kier molecular flexibility index (Phi) is 3.44. The van der Waals surface area contributed by atoms with E-state index in [9.17, 15) is 0 Å². The van der Waals surface area contributed by atoms with Gasteiger partial charge in [0.15, 0.2) is 5.82 Å². The van der Waals surface area contributed by atoms with E-state index in [0.29, 0.717) is 10.8 Å². The Labute approximate surface area is 121 Å². The smallest absolute Gasteiger partial charge is 0.224 e. The summed E-state index contributed by atoms with van der Waals surface area (Å²) in [5, 5.41) is 7.23. The Balaban J connectivity index is 1.97. The lowest BCUT2D eigenvalue weighted by Gasteiger charge is -2.21. The molecular formula is C13H12Cl2N4. The molecule has 0 atom stereocenters. The highest BCUT2D eigenvalue weighted by atomic mass is 35.5. The van der Waals surface area contributed by atoms with Crippen LogP contribution in [0.25, 0.3) is 0 Å². The van der Waals surface area contributed by atoms with Gasteiger partial charge in [-0.15, -0.1) is 0 Å². The van der Waals surface area contributed by atoms with Gasteiger partial charge >= 0.3 is 0 Å². The van der Waals surface area contributed by atoms with Crippen LogP contribution >= 0.6 is 23.2 Å². The number of nitrogens with zero attached hydrogens (tertiary/aromatic N) is 2. The van der Waals surface area contributed by atoms with Crippen LogP contribution in [0, 0.1) is 0 Å². The van der Waals surface area contributed by atoms with Gasteiger partial charge in [-0.05, 0) is 36.1 Å². The highest BCUT2D eigenvalue weighted by Gasteiger charge is 2.13. The minimum atomic E-state index is 0.171. The van der Waals surface area contributed by atoms with Crippen molar-refractivity contribution in [3.05, 3.63) is 40.3 Å². The number of nitrogens with one attached hydrogen (secondary N) is 2. The molecule has 0 aliphatic carbocycles. The first-order valence-corrected chi connectivity index (χ1v) is 6.80. The van der Waals surface area contributed by atoms with Crippen molar-refractivity contribution in [3.63, 3.8) is 0 Å². The number of anilines is 3. The van der Waals surface area contributed by atoms with Gasteiger partial charge in [-0.3, -0.25) is 0 Å². The Morgan fingerprint density at radius 1 is 1.26 bits per heavy atom. The molecule has 1 aliphatic rings. The molecule has 19 heavy (non-hydrogen) atoms. The molecule has 4 nitrogen and oxygen atoms in total. The van der Waals surface area contributed by atoms with Crippen molar-refractivity contribution >= 4 is 40.4 Å². The fourth-order valence-corrected chi connectivity index (χ4v) is 2.45. The van der Waals surface area contributed by atoms with E-state index in [-0.39, 0.29) is 5.28 Å². The Morgan fingerprint density at radius 2 is 2.16 bits per heavy atom. The third kappa shape index (κ3) is 2.60. The molecule has 1 aromatic carbocycles. The van der Waals surface area contributed by atoms with Crippen LogP contribution in [0.1, 0.15) is 12.0 Å². The fraction of sp³-hybridized carbons (Fsp3) is 0.231. The summed E-state index contributed by atoms with van der Waals surface area (Å²) in [5.41, 5.74) is 3.36. The van der Waals surface area contributed by atoms with E-state index in [4.69, 9.17) is 23.2 Å². The average Bonchev–Trinajstić information content (AvgIpc) is 2.43. The molecule has 0 fully saturated rings. The summed E-state index contributed by atoms with van der Waals surface area (Å²) < 4.78 is 0. The molecular weight excluding hydrogens is 283 g/mol. The molecule has 0 radical (unpaired) electrons. The van der Waals surface area contributed by atoms with Crippen molar-refractivity contribution in [1.82, 2.24) is 9.97 Å². The number of aryl methyl sites for hydroxylation is 1. The molecule has 98 valence electrons. The number of para-hydroxylation sites is 1. The molecule has 0 saturated heterocycles. The molecule has 0 saturated carbocycles. The predicted octanol–water partition coefficient (Wildman–Crippen LogP) is 3.89. The monoisotopic (exact) mass is 294 g/mol. The zero-order valence-corrected chi connectivity index (χ0v) is 11.6. The van der Waals surface area contributed by atoms with Gasteiger partial charge in [0.2, 0.25) is 5.28 Å². The van der Waals surface area contributed by atoms with Crippen LogP contribution in [-0.2, 0) is 6.42 Å². The van der Waals surface area contributed by atoms with Crippen molar-refractivity contribution in [2.24, 2.45) is 0 Å². The van der Waals surface area contributed by atoms with Crippen LogP contribution < -0.4 is 10.6 Å². The van der Waals surface area contributed by atoms with Crippen molar-refractivity contribution < 1.29 is 0 Å². The van der Waals surface area contributed by atoms with Gasteiger partial charge in [-0.1, -0.05) is 23.7 Å². The first-order chi connectivity index (χ1) is 9.24. The van der Waals surface area contributed by atoms with Crippen LogP contribution in [0.4, 0.5) is 17.2 Å². The van der Waals surface area contributed by atoms with Gasteiger partial charge in [0.05, 0.1) is 17.6 Å². The molecule has 0 bridgehead atoms. The predicted molar refractivity (Wildman–Crippen MR) is 78.6 cm³/mol. The lowest BCUT2D eigenvalue weighted by Crippen LogP contribution is -2.13. The van der Waals surface area contributed by atoms with Crippen molar-refractivity contribution in [3.8, 4) is 0 Å². The summed E-state index contributed by atoms with van der Waals surface area (Å²) in [7, 11) is 0. The largest absolute Gasteiger partial charge is 0.383 e. The van der Waals surface area contributed by atoms with E-state index >= 15 is 0 Å².